The first-order valence-corrected chi connectivity index (χ1v) is 7.46. The minimum absolute atomic E-state index is 0.184. The van der Waals surface area contributed by atoms with Gasteiger partial charge in [-0.2, -0.15) is 0 Å². The van der Waals surface area contributed by atoms with Crippen molar-refractivity contribution in [1.29, 1.82) is 0 Å². The van der Waals surface area contributed by atoms with Crippen LogP contribution in [0, 0.1) is 12.8 Å². The third-order valence-corrected chi connectivity index (χ3v) is 4.56. The molecule has 98 valence electrons. The van der Waals surface area contributed by atoms with Gasteiger partial charge in [0.25, 0.3) is 5.91 Å². The number of aryl methyl sites for hydroxylation is 1. The van der Waals surface area contributed by atoms with Crippen molar-refractivity contribution in [2.75, 3.05) is 13.1 Å². The summed E-state index contributed by atoms with van der Waals surface area (Å²) >= 11 is 3.47. The molecule has 0 spiro atoms. The Bertz CT molecular complexity index is 444. The molecule has 0 bridgehead atoms. The second-order valence-electron chi connectivity index (χ2n) is 5.16. The Hall–Kier alpha value is -0.830. The van der Waals surface area contributed by atoms with E-state index in [1.54, 1.807) is 0 Å². The molecule has 1 amide bonds. The second kappa shape index (κ2) is 5.87. The van der Waals surface area contributed by atoms with Crippen LogP contribution in [-0.4, -0.2) is 23.9 Å². The lowest BCUT2D eigenvalue weighted by molar-refractivity contribution is 0.0786. The lowest BCUT2D eigenvalue weighted by atomic mass is 10.0. The van der Waals surface area contributed by atoms with Gasteiger partial charge in [-0.1, -0.05) is 29.3 Å². The van der Waals surface area contributed by atoms with Crippen molar-refractivity contribution in [2.45, 2.75) is 33.1 Å². The fraction of sp³-hybridized carbons (Fsp3) is 0.533. The summed E-state index contributed by atoms with van der Waals surface area (Å²) in [7, 11) is 0. The summed E-state index contributed by atoms with van der Waals surface area (Å²) in [4.78, 5) is 14.4. The van der Waals surface area contributed by atoms with Crippen LogP contribution in [0.1, 0.15) is 42.1 Å². The van der Waals surface area contributed by atoms with E-state index in [0.29, 0.717) is 5.92 Å². The van der Waals surface area contributed by atoms with Crippen LogP contribution in [0.15, 0.2) is 22.7 Å². The van der Waals surface area contributed by atoms with Crippen molar-refractivity contribution < 1.29 is 4.79 Å². The summed E-state index contributed by atoms with van der Waals surface area (Å²) in [6.45, 7) is 6.08. The highest BCUT2D eigenvalue weighted by molar-refractivity contribution is 9.10. The molecule has 0 saturated carbocycles. The normalized spacial score (nSPS) is 19.3. The first-order chi connectivity index (χ1) is 8.61. The topological polar surface area (TPSA) is 20.3 Å². The second-order valence-corrected chi connectivity index (χ2v) is 6.01. The molecule has 0 radical (unpaired) electrons. The Morgan fingerprint density at radius 3 is 2.94 bits per heavy atom. The molecule has 3 heteroatoms. The van der Waals surface area contributed by atoms with Gasteiger partial charge in [0.1, 0.15) is 0 Å². The first kappa shape index (κ1) is 13.6. The van der Waals surface area contributed by atoms with Crippen LogP contribution >= 0.6 is 15.9 Å². The lowest BCUT2D eigenvalue weighted by Crippen LogP contribution is -2.28. The maximum Gasteiger partial charge on any atom is 0.253 e. The minimum atomic E-state index is 0.184. The molecule has 1 aliphatic rings. The number of hydrogen-bond acceptors (Lipinski definition) is 1. The average Bonchev–Trinajstić information content (AvgIpc) is 2.81. The SMILES string of the molecule is CCCC1CCN(C(=O)c2ccc(Br)c(C)c2)C1. The molecule has 1 aliphatic heterocycles. The fourth-order valence-corrected chi connectivity index (χ4v) is 2.87. The third-order valence-electron chi connectivity index (χ3n) is 3.67. The Balaban J connectivity index is 2.05. The van der Waals surface area contributed by atoms with E-state index >= 15 is 0 Å². The van der Waals surface area contributed by atoms with Crippen LogP contribution in [0.25, 0.3) is 0 Å². The molecule has 1 fully saturated rings. The molecule has 1 saturated heterocycles. The van der Waals surface area contributed by atoms with Gasteiger partial charge in [-0.05, 0) is 49.4 Å². The number of rotatable bonds is 3. The predicted octanol–water partition coefficient (Wildman–Crippen LogP) is 4.02. The van der Waals surface area contributed by atoms with Crippen LogP contribution in [0.3, 0.4) is 0 Å². The van der Waals surface area contributed by atoms with Crippen molar-refractivity contribution in [3.8, 4) is 0 Å². The van der Waals surface area contributed by atoms with E-state index in [1.807, 2.05) is 30.0 Å². The highest BCUT2D eigenvalue weighted by Gasteiger charge is 2.26. The average molecular weight is 310 g/mol. The number of carbonyl (C=O) groups excluding carboxylic acids is 1. The van der Waals surface area contributed by atoms with E-state index in [1.165, 1.54) is 12.8 Å². The molecule has 1 aromatic rings. The van der Waals surface area contributed by atoms with Gasteiger partial charge < -0.3 is 4.90 Å². The minimum Gasteiger partial charge on any atom is -0.338 e. The molecule has 1 atom stereocenters. The van der Waals surface area contributed by atoms with Gasteiger partial charge in [0.05, 0.1) is 0 Å². The highest BCUT2D eigenvalue weighted by atomic mass is 79.9. The van der Waals surface area contributed by atoms with Gasteiger partial charge in [-0.3, -0.25) is 4.79 Å². The Morgan fingerprint density at radius 1 is 1.50 bits per heavy atom. The number of amides is 1. The maximum atomic E-state index is 12.4. The standard InChI is InChI=1S/C15H20BrNO/c1-3-4-12-7-8-17(10-12)15(18)13-5-6-14(16)11(2)9-13/h5-6,9,12H,3-4,7-8,10H2,1-2H3. The summed E-state index contributed by atoms with van der Waals surface area (Å²) in [6.07, 6.45) is 3.61. The smallest absolute Gasteiger partial charge is 0.253 e. The number of halogens is 1. The highest BCUT2D eigenvalue weighted by Crippen LogP contribution is 2.24. The summed E-state index contributed by atoms with van der Waals surface area (Å²) in [5.74, 6) is 0.889. The lowest BCUT2D eigenvalue weighted by Gasteiger charge is -2.17. The monoisotopic (exact) mass is 309 g/mol. The Labute approximate surface area is 117 Å². The van der Waals surface area contributed by atoms with Crippen molar-refractivity contribution in [2.24, 2.45) is 5.92 Å². The first-order valence-electron chi connectivity index (χ1n) is 6.67. The van der Waals surface area contributed by atoms with E-state index < -0.39 is 0 Å². The molecular formula is C15H20BrNO. The zero-order valence-corrected chi connectivity index (χ0v) is 12.7. The van der Waals surface area contributed by atoms with Gasteiger partial charge in [0, 0.05) is 23.1 Å². The molecule has 0 aromatic heterocycles. The van der Waals surface area contributed by atoms with Crippen molar-refractivity contribution in [3.63, 3.8) is 0 Å². The van der Waals surface area contributed by atoms with Crippen molar-refractivity contribution in [3.05, 3.63) is 33.8 Å². The molecule has 0 N–H and O–H groups in total. The number of nitrogens with zero attached hydrogens (tertiary/aromatic N) is 1. The predicted molar refractivity (Wildman–Crippen MR) is 77.8 cm³/mol. The van der Waals surface area contributed by atoms with E-state index in [0.717, 1.165) is 35.1 Å². The summed E-state index contributed by atoms with van der Waals surface area (Å²) < 4.78 is 1.06. The molecule has 1 unspecified atom stereocenters. The molecular weight excluding hydrogens is 290 g/mol. The summed E-state index contributed by atoms with van der Waals surface area (Å²) in [5.41, 5.74) is 1.93. The van der Waals surface area contributed by atoms with Crippen LogP contribution < -0.4 is 0 Å². The molecule has 18 heavy (non-hydrogen) atoms. The molecule has 2 rings (SSSR count). The Kier molecular flexibility index (Phi) is 4.44. The number of likely N-dealkylation sites (tertiary alicyclic amines) is 1. The Morgan fingerprint density at radius 2 is 2.28 bits per heavy atom. The molecule has 1 aromatic carbocycles. The number of carbonyl (C=O) groups is 1. The van der Waals surface area contributed by atoms with Crippen LogP contribution in [0.2, 0.25) is 0 Å². The summed E-state index contributed by atoms with van der Waals surface area (Å²) in [5, 5.41) is 0. The van der Waals surface area contributed by atoms with Crippen LogP contribution in [0.5, 0.6) is 0 Å². The van der Waals surface area contributed by atoms with Gasteiger partial charge in [0.15, 0.2) is 0 Å². The zero-order valence-electron chi connectivity index (χ0n) is 11.1. The third kappa shape index (κ3) is 2.94. The van der Waals surface area contributed by atoms with Crippen LogP contribution in [0.4, 0.5) is 0 Å². The van der Waals surface area contributed by atoms with E-state index in [2.05, 4.69) is 22.9 Å². The van der Waals surface area contributed by atoms with Crippen molar-refractivity contribution in [1.82, 2.24) is 4.90 Å². The van der Waals surface area contributed by atoms with Gasteiger partial charge in [-0.15, -0.1) is 0 Å². The van der Waals surface area contributed by atoms with Gasteiger partial charge in [0.2, 0.25) is 0 Å². The quantitative estimate of drug-likeness (QED) is 0.826. The summed E-state index contributed by atoms with van der Waals surface area (Å²) in [6, 6.07) is 5.84. The number of benzene rings is 1. The van der Waals surface area contributed by atoms with E-state index in [-0.39, 0.29) is 5.91 Å². The van der Waals surface area contributed by atoms with Crippen molar-refractivity contribution >= 4 is 21.8 Å². The maximum absolute atomic E-state index is 12.4. The van der Waals surface area contributed by atoms with Crippen LogP contribution in [-0.2, 0) is 0 Å². The zero-order chi connectivity index (χ0) is 13.1. The van der Waals surface area contributed by atoms with Gasteiger partial charge in [-0.25, -0.2) is 0 Å². The van der Waals surface area contributed by atoms with Gasteiger partial charge >= 0.3 is 0 Å². The largest absolute Gasteiger partial charge is 0.338 e. The molecule has 0 aliphatic carbocycles. The molecule has 1 heterocycles. The number of hydrogen-bond donors (Lipinski definition) is 0. The van der Waals surface area contributed by atoms with E-state index in [9.17, 15) is 4.79 Å². The fourth-order valence-electron chi connectivity index (χ4n) is 2.62. The molecule has 2 nitrogen and oxygen atoms in total. The van der Waals surface area contributed by atoms with E-state index in [4.69, 9.17) is 0 Å².